The molecule has 3 rings (SSSR count). The molecule has 3 aromatic carbocycles. The van der Waals surface area contributed by atoms with Crippen molar-refractivity contribution in [3.05, 3.63) is 83.4 Å². The Labute approximate surface area is 158 Å². The lowest BCUT2D eigenvalue weighted by molar-refractivity contribution is 0.0597. The van der Waals surface area contributed by atoms with E-state index in [0.29, 0.717) is 11.3 Å². The third kappa shape index (κ3) is 4.18. The topological polar surface area (TPSA) is 55.8 Å². The molecule has 1 N–H and O–H groups in total. The average Bonchev–Trinajstić information content (AvgIpc) is 2.72. The monoisotopic (exact) mass is 360 g/mol. The van der Waals surface area contributed by atoms with Crippen LogP contribution in [0.5, 0.6) is 11.5 Å². The van der Waals surface area contributed by atoms with Crippen LogP contribution < -0.4 is 4.74 Å². The van der Waals surface area contributed by atoms with Crippen molar-refractivity contribution in [1.29, 1.82) is 0 Å². The lowest BCUT2D eigenvalue weighted by Gasteiger charge is -2.09. The van der Waals surface area contributed by atoms with Crippen LogP contribution in [0.25, 0.3) is 23.3 Å². The fourth-order valence-corrected chi connectivity index (χ4v) is 2.80. The molecule has 4 nitrogen and oxygen atoms in total. The van der Waals surface area contributed by atoms with E-state index >= 15 is 0 Å². The van der Waals surface area contributed by atoms with Crippen molar-refractivity contribution < 1.29 is 19.4 Å². The van der Waals surface area contributed by atoms with Crippen LogP contribution in [0.3, 0.4) is 0 Å². The number of carbonyl (C=O) groups is 1. The highest BCUT2D eigenvalue weighted by molar-refractivity contribution is 5.98. The van der Waals surface area contributed by atoms with Crippen molar-refractivity contribution in [2.75, 3.05) is 14.2 Å². The molecule has 0 heterocycles. The van der Waals surface area contributed by atoms with Crippen molar-refractivity contribution in [2.24, 2.45) is 0 Å². The highest BCUT2D eigenvalue weighted by atomic mass is 16.5. The number of esters is 1. The number of benzene rings is 3. The Balaban J connectivity index is 1.91. The molecule has 0 unspecified atom stereocenters. The van der Waals surface area contributed by atoms with Gasteiger partial charge in [0, 0.05) is 6.07 Å². The minimum atomic E-state index is -0.603. The standard InChI is InChI=1S/C23H20O4/c1-26-20-14-19(22(21(24)15-20)23(25)27-2)13-10-16-8-11-18(12-9-16)17-6-4-3-5-7-17/h3-15,24H,1-2H3/b13-10-. The molecule has 0 saturated carbocycles. The number of phenolic OH excluding ortho intramolecular Hbond substituents is 1. The van der Waals surface area contributed by atoms with Gasteiger partial charge in [-0.3, -0.25) is 0 Å². The molecule has 0 spiro atoms. The molecule has 0 aliphatic heterocycles. The fourth-order valence-electron chi connectivity index (χ4n) is 2.80. The van der Waals surface area contributed by atoms with E-state index in [9.17, 15) is 9.90 Å². The number of hydrogen-bond donors (Lipinski definition) is 1. The molecule has 136 valence electrons. The second-order valence-corrected chi connectivity index (χ2v) is 5.92. The van der Waals surface area contributed by atoms with Gasteiger partial charge in [0.1, 0.15) is 17.1 Å². The summed E-state index contributed by atoms with van der Waals surface area (Å²) < 4.78 is 9.95. The normalized spacial score (nSPS) is 10.7. The van der Waals surface area contributed by atoms with E-state index < -0.39 is 5.97 Å². The molecule has 0 aromatic heterocycles. The first-order chi connectivity index (χ1) is 13.1. The summed E-state index contributed by atoms with van der Waals surface area (Å²) in [5, 5.41) is 10.1. The molecule has 0 amide bonds. The lowest BCUT2D eigenvalue weighted by atomic mass is 10.0. The second kappa shape index (κ2) is 8.23. The Bertz CT molecular complexity index is 958. The predicted molar refractivity (Wildman–Crippen MR) is 107 cm³/mol. The van der Waals surface area contributed by atoms with Gasteiger partial charge in [0.15, 0.2) is 0 Å². The van der Waals surface area contributed by atoms with E-state index in [1.165, 1.54) is 20.3 Å². The van der Waals surface area contributed by atoms with Gasteiger partial charge >= 0.3 is 5.97 Å². The van der Waals surface area contributed by atoms with Gasteiger partial charge in [-0.2, -0.15) is 0 Å². The fraction of sp³-hybridized carbons (Fsp3) is 0.0870. The highest BCUT2D eigenvalue weighted by Gasteiger charge is 2.17. The van der Waals surface area contributed by atoms with Gasteiger partial charge in [-0.05, 0) is 28.3 Å². The molecule has 3 aromatic rings. The van der Waals surface area contributed by atoms with Crippen LogP contribution in [0.1, 0.15) is 21.5 Å². The first kappa shape index (κ1) is 18.3. The largest absolute Gasteiger partial charge is 0.507 e. The third-order valence-corrected chi connectivity index (χ3v) is 4.22. The summed E-state index contributed by atoms with van der Waals surface area (Å²) in [5.41, 5.74) is 3.87. The van der Waals surface area contributed by atoms with Gasteiger partial charge in [0.25, 0.3) is 0 Å². The Hall–Kier alpha value is -3.53. The van der Waals surface area contributed by atoms with E-state index in [4.69, 9.17) is 9.47 Å². The van der Waals surface area contributed by atoms with Crippen LogP contribution in [0.2, 0.25) is 0 Å². The molecule has 27 heavy (non-hydrogen) atoms. The molecule has 0 radical (unpaired) electrons. The van der Waals surface area contributed by atoms with Gasteiger partial charge < -0.3 is 14.6 Å². The van der Waals surface area contributed by atoms with E-state index in [1.54, 1.807) is 12.1 Å². The van der Waals surface area contributed by atoms with Crippen LogP contribution in [-0.4, -0.2) is 25.3 Å². The molecule has 0 aliphatic carbocycles. The maximum atomic E-state index is 12.0. The molecule has 0 fully saturated rings. The molecule has 0 aliphatic rings. The number of aromatic hydroxyl groups is 1. The van der Waals surface area contributed by atoms with Gasteiger partial charge in [0.05, 0.1) is 14.2 Å². The summed E-state index contributed by atoms with van der Waals surface area (Å²) in [4.78, 5) is 12.0. The molecule has 0 atom stereocenters. The Morgan fingerprint density at radius 1 is 0.889 bits per heavy atom. The van der Waals surface area contributed by atoms with Gasteiger partial charge in [-0.1, -0.05) is 66.7 Å². The predicted octanol–water partition coefficient (Wildman–Crippen LogP) is 5.02. The minimum Gasteiger partial charge on any atom is -0.507 e. The lowest BCUT2D eigenvalue weighted by Crippen LogP contribution is -2.04. The van der Waals surface area contributed by atoms with Gasteiger partial charge in [-0.25, -0.2) is 4.79 Å². The molecule has 0 bridgehead atoms. The number of phenols is 1. The van der Waals surface area contributed by atoms with Crippen LogP contribution in [0, 0.1) is 0 Å². The third-order valence-electron chi connectivity index (χ3n) is 4.22. The Morgan fingerprint density at radius 3 is 2.19 bits per heavy atom. The Kier molecular flexibility index (Phi) is 5.57. The molecule has 0 saturated heterocycles. The van der Waals surface area contributed by atoms with Crippen LogP contribution in [0.15, 0.2) is 66.7 Å². The smallest absolute Gasteiger partial charge is 0.342 e. The number of hydrogen-bond acceptors (Lipinski definition) is 4. The van der Waals surface area contributed by atoms with Crippen molar-refractivity contribution in [3.63, 3.8) is 0 Å². The molecule has 4 heteroatoms. The number of ether oxygens (including phenoxy) is 2. The second-order valence-electron chi connectivity index (χ2n) is 5.92. The van der Waals surface area contributed by atoms with E-state index in [0.717, 1.165) is 16.7 Å². The van der Waals surface area contributed by atoms with Gasteiger partial charge in [-0.15, -0.1) is 0 Å². The zero-order valence-corrected chi connectivity index (χ0v) is 15.2. The van der Waals surface area contributed by atoms with E-state index in [1.807, 2.05) is 48.5 Å². The van der Waals surface area contributed by atoms with Crippen molar-refractivity contribution in [3.8, 4) is 22.6 Å². The maximum absolute atomic E-state index is 12.0. The number of carbonyl (C=O) groups excluding carboxylic acids is 1. The summed E-state index contributed by atoms with van der Waals surface area (Å²) in [6.45, 7) is 0. The summed E-state index contributed by atoms with van der Waals surface area (Å²) in [7, 11) is 2.78. The maximum Gasteiger partial charge on any atom is 0.342 e. The van der Waals surface area contributed by atoms with Crippen LogP contribution in [-0.2, 0) is 4.74 Å². The van der Waals surface area contributed by atoms with Crippen molar-refractivity contribution >= 4 is 18.1 Å². The summed E-state index contributed by atoms with van der Waals surface area (Å²) in [5.74, 6) is -0.325. The summed E-state index contributed by atoms with van der Waals surface area (Å²) >= 11 is 0. The SMILES string of the molecule is COC(=O)c1c(O)cc(OC)cc1/C=C\c1ccc(-c2ccccc2)cc1. The highest BCUT2D eigenvalue weighted by Crippen LogP contribution is 2.30. The number of methoxy groups -OCH3 is 2. The van der Waals surface area contributed by atoms with E-state index in [-0.39, 0.29) is 11.3 Å². The van der Waals surface area contributed by atoms with Crippen molar-refractivity contribution in [1.82, 2.24) is 0 Å². The average molecular weight is 360 g/mol. The zero-order chi connectivity index (χ0) is 19.2. The van der Waals surface area contributed by atoms with Crippen LogP contribution >= 0.6 is 0 Å². The summed E-state index contributed by atoms with van der Waals surface area (Å²) in [6.07, 6.45) is 3.63. The van der Waals surface area contributed by atoms with Crippen LogP contribution in [0.4, 0.5) is 0 Å². The summed E-state index contributed by atoms with van der Waals surface area (Å²) in [6, 6.07) is 21.3. The first-order valence-corrected chi connectivity index (χ1v) is 8.45. The van der Waals surface area contributed by atoms with Gasteiger partial charge in [0.2, 0.25) is 0 Å². The molecular weight excluding hydrogens is 340 g/mol. The first-order valence-electron chi connectivity index (χ1n) is 8.45. The Morgan fingerprint density at radius 2 is 1.56 bits per heavy atom. The molecular formula is C23H20O4. The minimum absolute atomic E-state index is 0.107. The number of rotatable bonds is 5. The van der Waals surface area contributed by atoms with E-state index in [2.05, 4.69) is 12.1 Å². The zero-order valence-electron chi connectivity index (χ0n) is 15.2. The quantitative estimate of drug-likeness (QED) is 0.512. The van der Waals surface area contributed by atoms with Crippen molar-refractivity contribution in [2.45, 2.75) is 0 Å².